The number of carbonyl (C=O) groups excluding carboxylic acids is 1. The number of aromatic nitrogens is 2. The predicted molar refractivity (Wildman–Crippen MR) is 64.5 cm³/mol. The average molecular weight is 252 g/mol. The molecular weight excluding hydrogens is 242 g/mol. The van der Waals surface area contributed by atoms with Gasteiger partial charge in [0.2, 0.25) is 0 Å². The Kier molecular flexibility index (Phi) is 3.30. The summed E-state index contributed by atoms with van der Waals surface area (Å²) in [7, 11) is 1.55. The van der Waals surface area contributed by atoms with Crippen LogP contribution in [0.4, 0.5) is 5.69 Å². The van der Waals surface area contributed by atoms with Gasteiger partial charge in [-0.05, 0) is 12.1 Å². The van der Waals surface area contributed by atoms with Gasteiger partial charge in [0.05, 0.1) is 29.6 Å². The fraction of sp³-hybridized carbons (Fsp3) is 0.0909. The number of nitrogens with zero attached hydrogens (tertiary/aromatic N) is 1. The molecule has 88 valence electrons. The molecule has 0 aliphatic carbocycles. The molecule has 2 N–H and O–H groups in total. The van der Waals surface area contributed by atoms with Gasteiger partial charge in [-0.1, -0.05) is 11.6 Å². The first-order valence-corrected chi connectivity index (χ1v) is 5.22. The number of amides is 1. The van der Waals surface area contributed by atoms with E-state index < -0.39 is 0 Å². The molecule has 0 fully saturated rings. The zero-order valence-electron chi connectivity index (χ0n) is 9.03. The molecule has 1 amide bonds. The van der Waals surface area contributed by atoms with E-state index in [1.54, 1.807) is 25.3 Å². The van der Waals surface area contributed by atoms with Gasteiger partial charge in [0.15, 0.2) is 0 Å². The minimum Gasteiger partial charge on any atom is -0.497 e. The summed E-state index contributed by atoms with van der Waals surface area (Å²) in [5, 5.41) is 9.39. The van der Waals surface area contributed by atoms with E-state index in [0.717, 1.165) is 0 Å². The van der Waals surface area contributed by atoms with Crippen LogP contribution in [-0.2, 0) is 0 Å². The molecule has 0 aliphatic heterocycles. The zero-order chi connectivity index (χ0) is 12.3. The van der Waals surface area contributed by atoms with Crippen molar-refractivity contribution >= 4 is 23.2 Å². The van der Waals surface area contributed by atoms with Crippen LogP contribution in [0.1, 0.15) is 10.4 Å². The molecular formula is C11H10ClN3O2. The number of aromatic amines is 1. The maximum absolute atomic E-state index is 11.8. The molecule has 0 radical (unpaired) electrons. The van der Waals surface area contributed by atoms with Crippen LogP contribution >= 0.6 is 11.6 Å². The Morgan fingerprint density at radius 1 is 1.53 bits per heavy atom. The minimum absolute atomic E-state index is 0.283. The highest BCUT2D eigenvalue weighted by atomic mass is 35.5. The van der Waals surface area contributed by atoms with Crippen molar-refractivity contribution in [1.82, 2.24) is 10.2 Å². The average Bonchev–Trinajstić information content (AvgIpc) is 2.85. The molecule has 1 heterocycles. The molecule has 1 aromatic carbocycles. The Morgan fingerprint density at radius 3 is 3.00 bits per heavy atom. The topological polar surface area (TPSA) is 67.0 Å². The molecule has 2 aromatic rings. The van der Waals surface area contributed by atoms with Crippen LogP contribution in [0.5, 0.6) is 5.75 Å². The number of hydrogen-bond donors (Lipinski definition) is 2. The second-order valence-electron chi connectivity index (χ2n) is 3.29. The number of carbonyl (C=O) groups is 1. The lowest BCUT2D eigenvalue weighted by molar-refractivity contribution is 0.102. The number of H-pyrrole nitrogens is 1. The van der Waals surface area contributed by atoms with Crippen molar-refractivity contribution in [3.63, 3.8) is 0 Å². The molecule has 0 unspecified atom stereocenters. The molecule has 2 rings (SSSR count). The van der Waals surface area contributed by atoms with Crippen LogP contribution in [0.3, 0.4) is 0 Å². The molecule has 0 saturated carbocycles. The Bertz CT molecular complexity index is 526. The molecule has 6 heteroatoms. The summed E-state index contributed by atoms with van der Waals surface area (Å²) in [6, 6.07) is 5.03. The molecule has 0 aliphatic rings. The summed E-state index contributed by atoms with van der Waals surface area (Å²) in [6.07, 6.45) is 2.94. The normalized spacial score (nSPS) is 10.0. The highest BCUT2D eigenvalue weighted by Gasteiger charge is 2.10. The number of rotatable bonds is 3. The van der Waals surface area contributed by atoms with Crippen LogP contribution < -0.4 is 10.1 Å². The van der Waals surface area contributed by atoms with Crippen LogP contribution in [0, 0.1) is 0 Å². The number of ether oxygens (including phenoxy) is 1. The smallest absolute Gasteiger partial charge is 0.258 e. The van der Waals surface area contributed by atoms with E-state index in [1.165, 1.54) is 12.4 Å². The van der Waals surface area contributed by atoms with Gasteiger partial charge in [-0.15, -0.1) is 0 Å². The minimum atomic E-state index is -0.283. The van der Waals surface area contributed by atoms with Gasteiger partial charge in [-0.25, -0.2) is 0 Å². The summed E-state index contributed by atoms with van der Waals surface area (Å²) < 4.78 is 5.05. The third-order valence-corrected chi connectivity index (χ3v) is 2.51. The van der Waals surface area contributed by atoms with E-state index in [9.17, 15) is 4.79 Å². The third-order valence-electron chi connectivity index (χ3n) is 2.18. The Balaban J connectivity index is 2.21. The fourth-order valence-corrected chi connectivity index (χ4v) is 1.46. The first-order chi connectivity index (χ1) is 8.20. The van der Waals surface area contributed by atoms with E-state index in [4.69, 9.17) is 16.3 Å². The number of benzene rings is 1. The monoisotopic (exact) mass is 251 g/mol. The van der Waals surface area contributed by atoms with Gasteiger partial charge in [-0.2, -0.15) is 5.10 Å². The highest BCUT2D eigenvalue weighted by molar-refractivity contribution is 6.34. The summed E-state index contributed by atoms with van der Waals surface area (Å²) in [6.45, 7) is 0. The Labute approximate surface area is 103 Å². The maximum atomic E-state index is 11.8. The van der Waals surface area contributed by atoms with Crippen molar-refractivity contribution < 1.29 is 9.53 Å². The molecule has 1 aromatic heterocycles. The Morgan fingerprint density at radius 2 is 2.35 bits per heavy atom. The van der Waals surface area contributed by atoms with Gasteiger partial charge in [0.25, 0.3) is 5.91 Å². The summed E-state index contributed by atoms with van der Waals surface area (Å²) in [4.78, 5) is 11.8. The lowest BCUT2D eigenvalue weighted by Crippen LogP contribution is -2.11. The number of nitrogens with one attached hydrogen (secondary N) is 2. The number of methoxy groups -OCH3 is 1. The van der Waals surface area contributed by atoms with E-state index in [0.29, 0.717) is 22.0 Å². The van der Waals surface area contributed by atoms with Crippen molar-refractivity contribution in [2.24, 2.45) is 0 Å². The van der Waals surface area contributed by atoms with E-state index in [1.807, 2.05) is 0 Å². The first kappa shape index (κ1) is 11.5. The lowest BCUT2D eigenvalue weighted by atomic mass is 10.2. The molecule has 17 heavy (non-hydrogen) atoms. The standard InChI is InChI=1S/C11H10ClN3O2/c1-17-8-2-3-9(12)10(4-8)15-11(16)7-5-13-14-6-7/h2-6H,1H3,(H,13,14)(H,15,16). The highest BCUT2D eigenvalue weighted by Crippen LogP contribution is 2.26. The van der Waals surface area contributed by atoms with Crippen LogP contribution in [-0.4, -0.2) is 23.2 Å². The number of hydrogen-bond acceptors (Lipinski definition) is 3. The van der Waals surface area contributed by atoms with E-state index in [2.05, 4.69) is 15.5 Å². The van der Waals surface area contributed by atoms with Crippen LogP contribution in [0.2, 0.25) is 5.02 Å². The Hall–Kier alpha value is -2.01. The van der Waals surface area contributed by atoms with Crippen LogP contribution in [0.15, 0.2) is 30.6 Å². The van der Waals surface area contributed by atoms with Gasteiger partial charge in [-0.3, -0.25) is 9.89 Å². The van der Waals surface area contributed by atoms with Crippen molar-refractivity contribution in [3.05, 3.63) is 41.2 Å². The summed E-state index contributed by atoms with van der Waals surface area (Å²) in [5.41, 5.74) is 0.932. The van der Waals surface area contributed by atoms with Gasteiger partial charge in [0.1, 0.15) is 5.75 Å². The van der Waals surface area contributed by atoms with Crippen molar-refractivity contribution in [3.8, 4) is 5.75 Å². The molecule has 5 nitrogen and oxygen atoms in total. The number of halogens is 1. The van der Waals surface area contributed by atoms with E-state index >= 15 is 0 Å². The lowest BCUT2D eigenvalue weighted by Gasteiger charge is -2.07. The van der Waals surface area contributed by atoms with Crippen molar-refractivity contribution in [2.45, 2.75) is 0 Å². The number of anilines is 1. The second kappa shape index (κ2) is 4.88. The summed E-state index contributed by atoms with van der Waals surface area (Å²) >= 11 is 5.96. The molecule has 0 saturated heterocycles. The second-order valence-corrected chi connectivity index (χ2v) is 3.69. The molecule has 0 spiro atoms. The predicted octanol–water partition coefficient (Wildman–Crippen LogP) is 2.32. The summed E-state index contributed by atoms with van der Waals surface area (Å²) in [5.74, 6) is 0.339. The van der Waals surface area contributed by atoms with Gasteiger partial charge < -0.3 is 10.1 Å². The van der Waals surface area contributed by atoms with Crippen molar-refractivity contribution in [1.29, 1.82) is 0 Å². The zero-order valence-corrected chi connectivity index (χ0v) is 9.78. The maximum Gasteiger partial charge on any atom is 0.258 e. The van der Waals surface area contributed by atoms with Crippen LogP contribution in [0.25, 0.3) is 0 Å². The van der Waals surface area contributed by atoms with Crippen molar-refractivity contribution in [2.75, 3.05) is 12.4 Å². The fourth-order valence-electron chi connectivity index (χ4n) is 1.30. The third kappa shape index (κ3) is 2.57. The largest absolute Gasteiger partial charge is 0.497 e. The van der Waals surface area contributed by atoms with E-state index in [-0.39, 0.29) is 5.91 Å². The van der Waals surface area contributed by atoms with Gasteiger partial charge >= 0.3 is 0 Å². The molecule has 0 atom stereocenters. The quantitative estimate of drug-likeness (QED) is 0.880. The SMILES string of the molecule is COc1ccc(Cl)c(NC(=O)c2cn[nH]c2)c1. The molecule has 0 bridgehead atoms. The van der Waals surface area contributed by atoms with Gasteiger partial charge in [0, 0.05) is 12.3 Å². The first-order valence-electron chi connectivity index (χ1n) is 4.84.